The number of nitrogens with one attached hydrogen (secondary N) is 1. The monoisotopic (exact) mass is 393 g/mol. The summed E-state index contributed by atoms with van der Waals surface area (Å²) in [6.07, 6.45) is 4.44. The Hall–Kier alpha value is -3.02. The Balaban J connectivity index is 1.64. The first kappa shape index (κ1) is 19.3. The lowest BCUT2D eigenvalue weighted by Crippen LogP contribution is -2.23. The number of nitrogens with zero attached hydrogens (tertiary/aromatic N) is 2. The number of anilines is 1. The van der Waals surface area contributed by atoms with Gasteiger partial charge in [-0.2, -0.15) is 0 Å². The van der Waals surface area contributed by atoms with Crippen LogP contribution in [0, 0.1) is 0 Å². The van der Waals surface area contributed by atoms with E-state index in [-0.39, 0.29) is 17.3 Å². The van der Waals surface area contributed by atoms with Gasteiger partial charge in [0.25, 0.3) is 5.91 Å². The van der Waals surface area contributed by atoms with Gasteiger partial charge < -0.3 is 10.4 Å². The minimum atomic E-state index is -0.219. The fourth-order valence-corrected chi connectivity index (χ4v) is 4.47. The first-order valence-electron chi connectivity index (χ1n) is 10.4. The lowest BCUT2D eigenvalue weighted by Gasteiger charge is -2.13. The number of fused-ring (bicyclic) bond motifs is 1. The van der Waals surface area contributed by atoms with Crippen LogP contribution < -0.4 is 11.0 Å². The average Bonchev–Trinajstić information content (AvgIpc) is 3.33. The first-order valence-corrected chi connectivity index (χ1v) is 10.4. The van der Waals surface area contributed by atoms with Gasteiger partial charge in [-0.25, -0.2) is 4.79 Å². The molecule has 0 aliphatic heterocycles. The van der Waals surface area contributed by atoms with Gasteiger partial charge in [0, 0.05) is 24.3 Å². The van der Waals surface area contributed by atoms with Crippen molar-refractivity contribution in [3.63, 3.8) is 0 Å². The molecule has 2 N–H and O–H groups in total. The molecule has 0 radical (unpaired) electrons. The maximum Gasteiger partial charge on any atom is 0.329 e. The van der Waals surface area contributed by atoms with Gasteiger partial charge in [0.2, 0.25) is 0 Å². The van der Waals surface area contributed by atoms with Gasteiger partial charge in [0.1, 0.15) is 5.75 Å². The second-order valence-corrected chi connectivity index (χ2v) is 7.68. The van der Waals surface area contributed by atoms with Gasteiger partial charge >= 0.3 is 5.69 Å². The zero-order valence-corrected chi connectivity index (χ0v) is 16.9. The molecule has 152 valence electrons. The number of aromatic hydroxyl groups is 1. The molecule has 1 fully saturated rings. The summed E-state index contributed by atoms with van der Waals surface area (Å²) < 4.78 is 3.45. The number of rotatable bonds is 5. The van der Waals surface area contributed by atoms with Crippen molar-refractivity contribution in [1.29, 1.82) is 0 Å². The van der Waals surface area contributed by atoms with Gasteiger partial charge in [-0.1, -0.05) is 12.8 Å². The number of benzene rings is 2. The number of hydrogen-bond donors (Lipinski definition) is 2. The number of phenolic OH excluding ortho intramolecular Hbond substituents is 1. The van der Waals surface area contributed by atoms with E-state index in [1.54, 1.807) is 21.3 Å². The zero-order valence-electron chi connectivity index (χ0n) is 16.9. The Kier molecular flexibility index (Phi) is 5.18. The molecule has 4 rings (SSSR count). The van der Waals surface area contributed by atoms with Crippen molar-refractivity contribution in [2.24, 2.45) is 0 Å². The van der Waals surface area contributed by atoms with E-state index in [0.29, 0.717) is 30.3 Å². The largest absolute Gasteiger partial charge is 0.508 e. The summed E-state index contributed by atoms with van der Waals surface area (Å²) in [5.74, 6) is 0.374. The Morgan fingerprint density at radius 3 is 2.41 bits per heavy atom. The SMILES string of the molecule is CCn1c(=O)n(CC)c2cc(NC(=O)c3ccc(O)c(C4CCCC4)c3)ccc21. The Morgan fingerprint density at radius 2 is 1.72 bits per heavy atom. The van der Waals surface area contributed by atoms with Crippen LogP contribution in [-0.4, -0.2) is 20.1 Å². The van der Waals surface area contributed by atoms with E-state index in [1.165, 1.54) is 0 Å². The molecule has 1 aliphatic rings. The number of aryl methyl sites for hydroxylation is 2. The standard InChI is InChI=1S/C23H27N3O3/c1-3-25-19-11-10-17(14-20(19)26(4-2)23(25)29)24-22(28)16-9-12-21(27)18(13-16)15-7-5-6-8-15/h9-15,27H,3-8H2,1-2H3,(H,24,28). The Labute approximate surface area is 169 Å². The molecule has 1 saturated carbocycles. The summed E-state index contributed by atoms with van der Waals surface area (Å²) in [6.45, 7) is 5.06. The van der Waals surface area contributed by atoms with Crippen molar-refractivity contribution in [2.75, 3.05) is 5.32 Å². The van der Waals surface area contributed by atoms with Crippen molar-refractivity contribution < 1.29 is 9.90 Å². The van der Waals surface area contributed by atoms with Crippen molar-refractivity contribution in [3.8, 4) is 5.75 Å². The van der Waals surface area contributed by atoms with E-state index >= 15 is 0 Å². The molecule has 29 heavy (non-hydrogen) atoms. The minimum Gasteiger partial charge on any atom is -0.508 e. The summed E-state index contributed by atoms with van der Waals surface area (Å²) in [6, 6.07) is 10.6. The summed E-state index contributed by atoms with van der Waals surface area (Å²) in [5, 5.41) is 13.2. The highest BCUT2D eigenvalue weighted by Crippen LogP contribution is 2.38. The van der Waals surface area contributed by atoms with Crippen molar-refractivity contribution in [1.82, 2.24) is 9.13 Å². The second-order valence-electron chi connectivity index (χ2n) is 7.68. The Morgan fingerprint density at radius 1 is 1.03 bits per heavy atom. The Bertz CT molecular complexity index is 1120. The summed E-state index contributed by atoms with van der Waals surface area (Å²) in [5.41, 5.74) is 3.69. The number of hydrogen-bond acceptors (Lipinski definition) is 3. The lowest BCUT2D eigenvalue weighted by atomic mass is 9.95. The third-order valence-electron chi connectivity index (χ3n) is 5.99. The molecule has 1 aliphatic carbocycles. The molecule has 6 nitrogen and oxygen atoms in total. The van der Waals surface area contributed by atoms with E-state index in [9.17, 15) is 14.7 Å². The van der Waals surface area contributed by atoms with Crippen LogP contribution in [0.2, 0.25) is 0 Å². The number of carbonyl (C=O) groups is 1. The van der Waals surface area contributed by atoms with Crippen LogP contribution in [0.1, 0.15) is 61.4 Å². The van der Waals surface area contributed by atoms with E-state index in [2.05, 4.69) is 5.32 Å². The average molecular weight is 393 g/mol. The molecule has 0 bridgehead atoms. The number of carbonyl (C=O) groups excluding carboxylic acids is 1. The number of amides is 1. The zero-order chi connectivity index (χ0) is 20.5. The third-order valence-corrected chi connectivity index (χ3v) is 5.99. The van der Waals surface area contributed by atoms with Crippen LogP contribution in [-0.2, 0) is 13.1 Å². The quantitative estimate of drug-likeness (QED) is 0.672. The number of imidazole rings is 1. The molecular formula is C23H27N3O3. The predicted octanol–water partition coefficient (Wildman–Crippen LogP) is 4.46. The maximum atomic E-state index is 12.8. The number of phenols is 1. The van der Waals surface area contributed by atoms with E-state index in [4.69, 9.17) is 0 Å². The van der Waals surface area contributed by atoms with Gasteiger partial charge in [-0.05, 0) is 74.6 Å². The lowest BCUT2D eigenvalue weighted by molar-refractivity contribution is 0.102. The van der Waals surface area contributed by atoms with Crippen LogP contribution in [0.4, 0.5) is 5.69 Å². The van der Waals surface area contributed by atoms with Crippen LogP contribution >= 0.6 is 0 Å². The minimum absolute atomic E-state index is 0.0341. The smallest absolute Gasteiger partial charge is 0.329 e. The molecule has 2 aromatic carbocycles. The van der Waals surface area contributed by atoms with Crippen LogP contribution in [0.25, 0.3) is 11.0 Å². The van der Waals surface area contributed by atoms with E-state index in [1.807, 2.05) is 38.1 Å². The van der Waals surface area contributed by atoms with E-state index < -0.39 is 0 Å². The van der Waals surface area contributed by atoms with Crippen LogP contribution in [0.15, 0.2) is 41.2 Å². The van der Waals surface area contributed by atoms with Gasteiger partial charge in [0.05, 0.1) is 11.0 Å². The normalized spacial score (nSPS) is 14.6. The van der Waals surface area contributed by atoms with E-state index in [0.717, 1.165) is 42.3 Å². The highest BCUT2D eigenvalue weighted by Gasteiger charge is 2.21. The topological polar surface area (TPSA) is 76.3 Å². The summed E-state index contributed by atoms with van der Waals surface area (Å²) >= 11 is 0. The maximum absolute atomic E-state index is 12.8. The molecule has 0 unspecified atom stereocenters. The molecule has 1 heterocycles. The molecular weight excluding hydrogens is 366 g/mol. The van der Waals surface area contributed by atoms with Crippen molar-refractivity contribution >= 4 is 22.6 Å². The molecule has 0 atom stereocenters. The highest BCUT2D eigenvalue weighted by molar-refractivity contribution is 6.05. The fraction of sp³-hybridized carbons (Fsp3) is 0.391. The third kappa shape index (κ3) is 3.43. The molecule has 0 spiro atoms. The van der Waals surface area contributed by atoms with Gasteiger partial charge in [0.15, 0.2) is 0 Å². The highest BCUT2D eigenvalue weighted by atomic mass is 16.3. The van der Waals surface area contributed by atoms with Crippen molar-refractivity contribution in [2.45, 2.75) is 58.5 Å². The fourth-order valence-electron chi connectivity index (χ4n) is 4.47. The van der Waals surface area contributed by atoms with Crippen LogP contribution in [0.5, 0.6) is 5.75 Å². The summed E-state index contributed by atoms with van der Waals surface area (Å²) in [7, 11) is 0. The van der Waals surface area contributed by atoms with Gasteiger partial charge in [-0.15, -0.1) is 0 Å². The first-order chi connectivity index (χ1) is 14.0. The molecule has 6 heteroatoms. The number of aromatic nitrogens is 2. The summed E-state index contributed by atoms with van der Waals surface area (Å²) in [4.78, 5) is 25.4. The van der Waals surface area contributed by atoms with Crippen LogP contribution in [0.3, 0.4) is 0 Å². The van der Waals surface area contributed by atoms with Gasteiger partial charge in [-0.3, -0.25) is 13.9 Å². The molecule has 1 aromatic heterocycles. The molecule has 1 amide bonds. The molecule has 0 saturated heterocycles. The van der Waals surface area contributed by atoms with Crippen molar-refractivity contribution in [3.05, 3.63) is 58.0 Å². The molecule has 3 aromatic rings. The second kappa shape index (κ2) is 7.78. The predicted molar refractivity (Wildman–Crippen MR) is 115 cm³/mol.